The summed E-state index contributed by atoms with van der Waals surface area (Å²) in [6.45, 7) is 0.0601. The summed E-state index contributed by atoms with van der Waals surface area (Å²) in [6, 6.07) is 9.26. The monoisotopic (exact) mass is 624 g/mol. The fraction of sp³-hybridized carbons (Fsp3) is 0.429. The number of ether oxygens (including phenoxy) is 6. The summed E-state index contributed by atoms with van der Waals surface area (Å²) in [4.78, 5) is 65.9. The van der Waals surface area contributed by atoms with E-state index >= 15 is 0 Å². The van der Waals surface area contributed by atoms with Crippen LogP contribution in [0.15, 0.2) is 36.4 Å². The molecule has 16 heteroatoms. The van der Waals surface area contributed by atoms with Gasteiger partial charge < -0.3 is 28.4 Å². The molecule has 0 spiro atoms. The average Bonchev–Trinajstić information content (AvgIpc) is 3.05. The van der Waals surface area contributed by atoms with Crippen molar-refractivity contribution < 1.29 is 77.2 Å². The zero-order valence-electron chi connectivity index (χ0n) is 24.4. The number of carbonyl (C=O) groups is 4. The van der Waals surface area contributed by atoms with Crippen molar-refractivity contribution in [1.29, 1.82) is 0 Å². The van der Waals surface area contributed by atoms with Gasteiger partial charge in [-0.05, 0) is 61.8 Å². The molecule has 0 saturated heterocycles. The Morgan fingerprint density at radius 1 is 0.545 bits per heavy atom. The SMILES string of the molecule is COc1cccc(OC)c1C(=O)OOOC(=O)OCC1CCC(COC(=O)OOOC(=O)c2c(OC)cccc2OC)CC1. The number of hydrogen-bond acceptors (Lipinski definition) is 16. The van der Waals surface area contributed by atoms with Crippen LogP contribution in [0.3, 0.4) is 0 Å². The van der Waals surface area contributed by atoms with E-state index in [1.807, 2.05) is 0 Å². The topological polar surface area (TPSA) is 179 Å². The normalized spacial score (nSPS) is 15.6. The van der Waals surface area contributed by atoms with E-state index in [1.165, 1.54) is 52.7 Å². The zero-order valence-corrected chi connectivity index (χ0v) is 24.4. The van der Waals surface area contributed by atoms with Crippen LogP contribution < -0.4 is 18.9 Å². The van der Waals surface area contributed by atoms with Crippen molar-refractivity contribution in [3.05, 3.63) is 47.5 Å². The van der Waals surface area contributed by atoms with E-state index in [2.05, 4.69) is 29.6 Å². The van der Waals surface area contributed by atoms with Crippen LogP contribution in [0.1, 0.15) is 46.4 Å². The molecule has 240 valence electrons. The summed E-state index contributed by atoms with van der Waals surface area (Å²) < 4.78 is 30.4. The summed E-state index contributed by atoms with van der Waals surface area (Å²) in [5.41, 5.74) is -0.130. The first-order valence-corrected chi connectivity index (χ1v) is 13.2. The molecule has 0 amide bonds. The van der Waals surface area contributed by atoms with Gasteiger partial charge in [-0.1, -0.05) is 12.1 Å². The zero-order chi connectivity index (χ0) is 31.9. The first-order chi connectivity index (χ1) is 21.3. The lowest BCUT2D eigenvalue weighted by Crippen LogP contribution is -2.24. The second-order valence-electron chi connectivity index (χ2n) is 9.13. The summed E-state index contributed by atoms with van der Waals surface area (Å²) in [7, 11) is 5.42. The fourth-order valence-corrected chi connectivity index (χ4v) is 4.32. The lowest BCUT2D eigenvalue weighted by atomic mass is 9.83. The number of benzene rings is 2. The van der Waals surface area contributed by atoms with Crippen molar-refractivity contribution in [2.75, 3.05) is 41.7 Å². The van der Waals surface area contributed by atoms with Gasteiger partial charge in [0.15, 0.2) is 0 Å². The molecule has 0 bridgehead atoms. The second kappa shape index (κ2) is 17.2. The quantitative estimate of drug-likeness (QED) is 0.162. The number of rotatable bonds is 14. The third kappa shape index (κ3) is 9.53. The highest BCUT2D eigenvalue weighted by Crippen LogP contribution is 2.31. The smallest absolute Gasteiger partial charge is 0.496 e. The van der Waals surface area contributed by atoms with Crippen LogP contribution >= 0.6 is 0 Å². The van der Waals surface area contributed by atoms with E-state index in [0.717, 1.165) is 0 Å². The van der Waals surface area contributed by atoms with Crippen LogP contribution in [0.4, 0.5) is 9.59 Å². The van der Waals surface area contributed by atoms with Gasteiger partial charge in [-0.3, -0.25) is 9.78 Å². The molecule has 0 radical (unpaired) electrons. The lowest BCUT2D eigenvalue weighted by molar-refractivity contribution is -0.452. The number of hydrogen-bond donors (Lipinski definition) is 0. The minimum absolute atomic E-state index is 0.0147. The Morgan fingerprint density at radius 3 is 1.16 bits per heavy atom. The molecule has 44 heavy (non-hydrogen) atoms. The van der Waals surface area contributed by atoms with E-state index in [0.29, 0.717) is 25.7 Å². The number of carbonyl (C=O) groups excluding carboxylic acids is 4. The molecular formula is C28H32O16. The highest BCUT2D eigenvalue weighted by atomic mass is 17.5. The van der Waals surface area contributed by atoms with Gasteiger partial charge in [-0.15, -0.1) is 0 Å². The standard InChI is InChI=1S/C28H32O16/c1-33-19-7-5-8-20(34-2)23(19)25(29)39-43-41-27(31)37-15-17-11-13-18(14-12-17)16-38-28(32)42-44-40-26(30)24-21(35-3)9-6-10-22(24)36-4/h5-10,17-18H,11-16H2,1-4H3. The van der Waals surface area contributed by atoms with Crippen LogP contribution in [-0.4, -0.2) is 65.9 Å². The molecule has 0 aromatic heterocycles. The molecule has 1 fully saturated rings. The Bertz CT molecular complexity index is 1130. The third-order valence-corrected chi connectivity index (χ3v) is 6.53. The largest absolute Gasteiger partial charge is 0.543 e. The van der Waals surface area contributed by atoms with Gasteiger partial charge in [0.05, 0.1) is 51.7 Å². The predicted octanol–water partition coefficient (Wildman–Crippen LogP) is 4.54. The predicted molar refractivity (Wildman–Crippen MR) is 142 cm³/mol. The van der Waals surface area contributed by atoms with Crippen molar-refractivity contribution in [2.24, 2.45) is 11.8 Å². The van der Waals surface area contributed by atoms with E-state index in [-0.39, 0.29) is 59.2 Å². The molecule has 2 aromatic rings. The van der Waals surface area contributed by atoms with E-state index in [1.54, 1.807) is 12.1 Å². The highest BCUT2D eigenvalue weighted by Gasteiger charge is 2.26. The molecule has 0 atom stereocenters. The molecule has 0 aliphatic heterocycles. The molecule has 0 heterocycles. The van der Waals surface area contributed by atoms with Gasteiger partial charge >= 0.3 is 24.2 Å². The summed E-state index contributed by atoms with van der Waals surface area (Å²) in [5, 5.41) is 8.52. The summed E-state index contributed by atoms with van der Waals surface area (Å²) >= 11 is 0. The lowest BCUT2D eigenvalue weighted by Gasteiger charge is -2.27. The molecule has 3 rings (SSSR count). The highest BCUT2D eigenvalue weighted by molar-refractivity contribution is 5.96. The maximum atomic E-state index is 12.3. The molecule has 1 aliphatic carbocycles. The van der Waals surface area contributed by atoms with Crippen LogP contribution in [-0.2, 0) is 39.1 Å². The minimum atomic E-state index is -1.21. The van der Waals surface area contributed by atoms with Gasteiger partial charge in [0, 0.05) is 0 Å². The van der Waals surface area contributed by atoms with Gasteiger partial charge in [-0.2, -0.15) is 0 Å². The van der Waals surface area contributed by atoms with Crippen molar-refractivity contribution in [3.8, 4) is 23.0 Å². The molecule has 16 nitrogen and oxygen atoms in total. The number of methoxy groups -OCH3 is 4. The summed E-state index contributed by atoms with van der Waals surface area (Å²) in [5.74, 6) is -1.34. The van der Waals surface area contributed by atoms with Crippen LogP contribution in [0.2, 0.25) is 0 Å². The van der Waals surface area contributed by atoms with Gasteiger partial charge in [-0.25, -0.2) is 29.0 Å². The van der Waals surface area contributed by atoms with Crippen LogP contribution in [0.5, 0.6) is 23.0 Å². The Balaban J connectivity index is 1.28. The third-order valence-electron chi connectivity index (χ3n) is 6.53. The van der Waals surface area contributed by atoms with Crippen molar-refractivity contribution in [3.63, 3.8) is 0 Å². The first kappa shape index (κ1) is 33.5. The van der Waals surface area contributed by atoms with E-state index in [9.17, 15) is 19.2 Å². The van der Waals surface area contributed by atoms with Crippen molar-refractivity contribution in [2.45, 2.75) is 25.7 Å². The summed E-state index contributed by atoms with van der Waals surface area (Å²) in [6.07, 6.45) is 0.234. The molecule has 1 saturated carbocycles. The maximum Gasteiger partial charge on any atom is 0.543 e. The van der Waals surface area contributed by atoms with E-state index < -0.39 is 24.2 Å². The molecule has 1 aliphatic rings. The van der Waals surface area contributed by atoms with Crippen LogP contribution in [0.25, 0.3) is 0 Å². The molecule has 0 N–H and O–H groups in total. The minimum Gasteiger partial charge on any atom is -0.496 e. The van der Waals surface area contributed by atoms with Crippen molar-refractivity contribution in [1.82, 2.24) is 0 Å². The van der Waals surface area contributed by atoms with Gasteiger partial charge in [0.1, 0.15) is 34.1 Å². The van der Waals surface area contributed by atoms with Crippen LogP contribution in [0, 0.1) is 11.8 Å². The van der Waals surface area contributed by atoms with E-state index in [4.69, 9.17) is 28.4 Å². The Kier molecular flexibility index (Phi) is 13.1. The maximum absolute atomic E-state index is 12.3. The second-order valence-corrected chi connectivity index (χ2v) is 9.13. The first-order valence-electron chi connectivity index (χ1n) is 13.2. The van der Waals surface area contributed by atoms with Crippen molar-refractivity contribution >= 4 is 24.2 Å². The molecule has 0 unspecified atom stereocenters. The Labute approximate surface area is 251 Å². The molecular weight excluding hydrogens is 592 g/mol. The fourth-order valence-electron chi connectivity index (χ4n) is 4.32. The Hall–Kier alpha value is -4.96. The van der Waals surface area contributed by atoms with Gasteiger partial charge in [0.25, 0.3) is 0 Å². The average molecular weight is 625 g/mol. The Morgan fingerprint density at radius 2 is 0.864 bits per heavy atom. The molecule has 2 aromatic carbocycles. The van der Waals surface area contributed by atoms with Gasteiger partial charge in [0.2, 0.25) is 0 Å².